The number of anilines is 1. The van der Waals surface area contributed by atoms with Gasteiger partial charge in [-0.2, -0.15) is 18.3 Å². The molecule has 154 valence electrons. The number of halogens is 5. The Morgan fingerprint density at radius 1 is 1.17 bits per heavy atom. The zero-order valence-corrected chi connectivity index (χ0v) is 16.7. The van der Waals surface area contributed by atoms with Gasteiger partial charge in [0.05, 0.1) is 32.6 Å². The Kier molecular flexibility index (Phi) is 5.84. The molecule has 0 saturated carbocycles. The lowest BCUT2D eigenvalue weighted by Crippen LogP contribution is -2.28. The van der Waals surface area contributed by atoms with E-state index in [1.807, 2.05) is 0 Å². The Balaban J connectivity index is 1.81. The minimum absolute atomic E-state index is 0.00554. The number of hydrogen-bond acceptors (Lipinski definition) is 4. The third kappa shape index (κ3) is 4.85. The van der Waals surface area contributed by atoms with Crippen LogP contribution in [0.5, 0.6) is 0 Å². The van der Waals surface area contributed by atoms with Crippen molar-refractivity contribution in [3.8, 4) is 0 Å². The van der Waals surface area contributed by atoms with Crippen LogP contribution in [0.15, 0.2) is 46.4 Å². The van der Waals surface area contributed by atoms with Gasteiger partial charge in [0.1, 0.15) is 5.82 Å². The van der Waals surface area contributed by atoms with E-state index < -0.39 is 27.4 Å². The molecule has 0 atom stereocenters. The van der Waals surface area contributed by atoms with Crippen molar-refractivity contribution in [2.45, 2.75) is 17.5 Å². The van der Waals surface area contributed by atoms with Gasteiger partial charge in [0, 0.05) is 12.0 Å². The number of alkyl halides is 3. The highest BCUT2D eigenvalue weighted by Gasteiger charge is 2.31. The molecule has 0 bridgehead atoms. The van der Waals surface area contributed by atoms with Crippen molar-refractivity contribution in [3.63, 3.8) is 0 Å². The Morgan fingerprint density at radius 3 is 2.59 bits per heavy atom. The highest BCUT2D eigenvalue weighted by atomic mass is 35.5. The average Bonchev–Trinajstić information content (AvgIpc) is 2.61. The molecule has 0 amide bonds. The summed E-state index contributed by atoms with van der Waals surface area (Å²) in [6, 6.07) is 5.95. The highest BCUT2D eigenvalue weighted by Crippen LogP contribution is 2.33. The number of rotatable bonds is 2. The molecule has 0 unspecified atom stereocenters. The highest BCUT2D eigenvalue weighted by molar-refractivity contribution is 7.91. The first-order valence-electron chi connectivity index (χ1n) is 8.00. The predicted molar refractivity (Wildman–Crippen MR) is 105 cm³/mol. The molecule has 2 aromatic carbocycles. The van der Waals surface area contributed by atoms with Crippen LogP contribution in [0.3, 0.4) is 0 Å². The topological polar surface area (TPSA) is 70.6 Å². The summed E-state index contributed by atoms with van der Waals surface area (Å²) in [6.07, 6.45) is -4.55. The first-order chi connectivity index (χ1) is 13.5. The second-order valence-electron chi connectivity index (χ2n) is 6.03. The summed E-state index contributed by atoms with van der Waals surface area (Å²) >= 11 is 10.9. The van der Waals surface area contributed by atoms with Gasteiger partial charge in [-0.05, 0) is 48.6 Å². The average molecular weight is 466 g/mol. The number of benzene rings is 2. The number of thiocarbonyl (C=S) groups is 1. The van der Waals surface area contributed by atoms with Gasteiger partial charge in [-0.1, -0.05) is 11.6 Å². The van der Waals surface area contributed by atoms with Gasteiger partial charge in [0.2, 0.25) is 0 Å². The second-order valence-corrected chi connectivity index (χ2v) is 8.92. The van der Waals surface area contributed by atoms with E-state index in [1.54, 1.807) is 0 Å². The summed E-state index contributed by atoms with van der Waals surface area (Å²) in [4.78, 5) is -0.0505. The summed E-state index contributed by atoms with van der Waals surface area (Å²) in [5, 5.41) is 6.33. The maximum atomic E-state index is 13.6. The number of hydrogen-bond donors (Lipinski definition) is 2. The lowest BCUT2D eigenvalue weighted by Gasteiger charge is -2.18. The van der Waals surface area contributed by atoms with Crippen LogP contribution >= 0.6 is 23.8 Å². The summed E-state index contributed by atoms with van der Waals surface area (Å²) in [5.41, 5.74) is 1.77. The van der Waals surface area contributed by atoms with E-state index in [1.165, 1.54) is 0 Å². The van der Waals surface area contributed by atoms with Crippen molar-refractivity contribution in [2.24, 2.45) is 5.10 Å². The van der Waals surface area contributed by atoms with Gasteiger partial charge < -0.3 is 5.32 Å². The van der Waals surface area contributed by atoms with E-state index in [2.05, 4.69) is 15.8 Å². The number of fused-ring (bicyclic) bond motifs is 1. The fourth-order valence-electron chi connectivity index (χ4n) is 2.66. The van der Waals surface area contributed by atoms with Gasteiger partial charge in [0.15, 0.2) is 14.9 Å². The molecule has 0 saturated heterocycles. The summed E-state index contributed by atoms with van der Waals surface area (Å²) in [6.45, 7) is 0. The van der Waals surface area contributed by atoms with E-state index in [0.717, 1.165) is 36.4 Å². The molecular weight excluding hydrogens is 454 g/mol. The number of hydrazone groups is 1. The Hall–Kier alpha value is -2.24. The number of nitrogens with zero attached hydrogens (tertiary/aromatic N) is 1. The standard InChI is InChI=1S/C17H12ClF4N3O2S2/c18-12-3-1-9(17(20,21)22)7-14(12)23-16(28)25-24-13-5-6-29(26,27)15-4-2-10(19)8-11(13)15/h1-4,7-8H,5-6H2,(H2,23,25,28)/b24-13-. The molecule has 0 aliphatic carbocycles. The third-order valence-corrected chi connectivity index (χ3v) is 6.32. The molecule has 1 aliphatic rings. The van der Waals surface area contributed by atoms with Crippen LogP contribution in [0, 0.1) is 5.82 Å². The van der Waals surface area contributed by atoms with Crippen molar-refractivity contribution in [3.05, 3.63) is 58.4 Å². The van der Waals surface area contributed by atoms with Gasteiger partial charge in [-0.15, -0.1) is 0 Å². The molecule has 1 heterocycles. The van der Waals surface area contributed by atoms with Crippen LogP contribution in [0.2, 0.25) is 5.02 Å². The van der Waals surface area contributed by atoms with E-state index in [4.69, 9.17) is 23.8 Å². The van der Waals surface area contributed by atoms with Crippen molar-refractivity contribution >= 4 is 50.2 Å². The molecule has 29 heavy (non-hydrogen) atoms. The van der Waals surface area contributed by atoms with Crippen LogP contribution < -0.4 is 10.7 Å². The maximum absolute atomic E-state index is 13.6. The first-order valence-corrected chi connectivity index (χ1v) is 10.4. The van der Waals surface area contributed by atoms with Crippen LogP contribution in [-0.4, -0.2) is 25.0 Å². The molecule has 12 heteroatoms. The molecule has 2 N–H and O–H groups in total. The Labute approximate surface area is 173 Å². The van der Waals surface area contributed by atoms with Gasteiger partial charge >= 0.3 is 6.18 Å². The van der Waals surface area contributed by atoms with E-state index in [0.29, 0.717) is 0 Å². The van der Waals surface area contributed by atoms with E-state index in [9.17, 15) is 26.0 Å². The second kappa shape index (κ2) is 7.88. The molecule has 0 aromatic heterocycles. The SMILES string of the molecule is O=S1(=O)CC/C(=N/NC(=S)Nc2cc(C(F)(F)F)ccc2Cl)c2cc(F)ccc21. The zero-order chi connectivity index (χ0) is 21.4. The number of sulfone groups is 1. The summed E-state index contributed by atoms with van der Waals surface area (Å²) in [7, 11) is -3.55. The lowest BCUT2D eigenvalue weighted by molar-refractivity contribution is -0.137. The zero-order valence-electron chi connectivity index (χ0n) is 14.3. The molecule has 3 rings (SSSR count). The van der Waals surface area contributed by atoms with E-state index in [-0.39, 0.29) is 44.2 Å². The maximum Gasteiger partial charge on any atom is 0.416 e. The van der Waals surface area contributed by atoms with Crippen LogP contribution in [-0.2, 0) is 16.0 Å². The minimum atomic E-state index is -4.56. The fourth-order valence-corrected chi connectivity index (χ4v) is 4.45. The predicted octanol–water partition coefficient (Wildman–Crippen LogP) is 4.37. The van der Waals surface area contributed by atoms with Crippen molar-refractivity contribution < 1.29 is 26.0 Å². The fraction of sp³-hybridized carbons (Fsp3) is 0.176. The van der Waals surface area contributed by atoms with E-state index >= 15 is 0 Å². The van der Waals surface area contributed by atoms with Crippen LogP contribution in [0.4, 0.5) is 23.2 Å². The van der Waals surface area contributed by atoms with Crippen LogP contribution in [0.25, 0.3) is 0 Å². The van der Waals surface area contributed by atoms with Crippen LogP contribution in [0.1, 0.15) is 17.5 Å². The summed E-state index contributed by atoms with van der Waals surface area (Å²) in [5.74, 6) is -0.851. The normalized spacial score (nSPS) is 16.9. The number of nitrogens with one attached hydrogen (secondary N) is 2. The molecule has 0 radical (unpaired) electrons. The molecule has 0 spiro atoms. The molecular formula is C17H12ClF4N3O2S2. The minimum Gasteiger partial charge on any atom is -0.330 e. The lowest BCUT2D eigenvalue weighted by atomic mass is 10.1. The Bertz CT molecular complexity index is 1120. The monoisotopic (exact) mass is 465 g/mol. The van der Waals surface area contributed by atoms with Gasteiger partial charge in [-0.25, -0.2) is 12.8 Å². The summed E-state index contributed by atoms with van der Waals surface area (Å²) < 4.78 is 76.3. The Morgan fingerprint density at radius 2 is 1.90 bits per heavy atom. The molecule has 2 aromatic rings. The quantitative estimate of drug-likeness (QED) is 0.298. The van der Waals surface area contributed by atoms with Crippen molar-refractivity contribution in [1.29, 1.82) is 0 Å². The van der Waals surface area contributed by atoms with Gasteiger partial charge in [-0.3, -0.25) is 5.43 Å². The van der Waals surface area contributed by atoms with Gasteiger partial charge in [0.25, 0.3) is 0 Å². The molecule has 1 aliphatic heterocycles. The third-order valence-electron chi connectivity index (χ3n) is 4.03. The van der Waals surface area contributed by atoms with Crippen molar-refractivity contribution in [1.82, 2.24) is 5.43 Å². The molecule has 0 fully saturated rings. The first kappa shape index (κ1) is 21.5. The largest absolute Gasteiger partial charge is 0.416 e. The van der Waals surface area contributed by atoms with Crippen molar-refractivity contribution in [2.75, 3.05) is 11.1 Å². The molecule has 5 nitrogen and oxygen atoms in total. The smallest absolute Gasteiger partial charge is 0.330 e.